The summed E-state index contributed by atoms with van der Waals surface area (Å²) in [4.78, 5) is 26.0. The third-order valence-corrected chi connectivity index (χ3v) is 5.54. The Morgan fingerprint density at radius 2 is 2.23 bits per heavy atom. The summed E-state index contributed by atoms with van der Waals surface area (Å²) >= 11 is 1.63. The summed E-state index contributed by atoms with van der Waals surface area (Å²) in [6.07, 6.45) is 5.44. The molecule has 0 amide bonds. The third kappa shape index (κ3) is 4.06. The average molecular weight is 436 g/mol. The fraction of sp³-hybridized carbons (Fsp3) is 0.238. The Bertz CT molecular complexity index is 1430. The molecule has 1 fully saturated rings. The molecule has 4 N–H and O–H groups in total. The Hall–Kier alpha value is -3.53. The van der Waals surface area contributed by atoms with Crippen LogP contribution in [0.25, 0.3) is 23.0 Å². The van der Waals surface area contributed by atoms with Crippen molar-refractivity contribution >= 4 is 29.4 Å². The maximum Gasteiger partial charge on any atom is 0.326 e. The maximum absolute atomic E-state index is 11.5. The van der Waals surface area contributed by atoms with Crippen molar-refractivity contribution in [3.8, 4) is 17.1 Å². The predicted octanol–water partition coefficient (Wildman–Crippen LogP) is 1.81. The van der Waals surface area contributed by atoms with Gasteiger partial charge in [0.05, 0.1) is 17.9 Å². The standard InChI is InChI=1S/C21H21N7O2S/c1-2-31-27-15-5-3-4-12(8-15)16-10-18(23-14-6-7-14)28-19(24-16)13(11-22-28)9-17-20(29)26-21(30)25-17/h3-5,8-11,14,27,29H,2,6-7H2,1H3,(H2,25,26,30). The van der Waals surface area contributed by atoms with Gasteiger partial charge >= 0.3 is 5.69 Å². The van der Waals surface area contributed by atoms with Crippen LogP contribution in [0.1, 0.15) is 25.5 Å². The molecule has 0 unspecified atom stereocenters. The molecule has 5 rings (SSSR count). The molecule has 0 atom stereocenters. The first-order chi connectivity index (χ1) is 15.1. The lowest BCUT2D eigenvalue weighted by molar-refractivity contribution is 0.454. The van der Waals surface area contributed by atoms with Crippen molar-refractivity contribution < 1.29 is 5.11 Å². The van der Waals surface area contributed by atoms with Crippen molar-refractivity contribution in [2.24, 2.45) is 4.99 Å². The van der Waals surface area contributed by atoms with Crippen LogP contribution in [0.5, 0.6) is 5.88 Å². The van der Waals surface area contributed by atoms with Gasteiger partial charge in [0.1, 0.15) is 5.69 Å². The molecule has 158 valence electrons. The summed E-state index contributed by atoms with van der Waals surface area (Å²) < 4.78 is 5.02. The fourth-order valence-corrected chi connectivity index (χ4v) is 3.68. The number of H-pyrrole nitrogens is 2. The Balaban J connectivity index is 1.70. The summed E-state index contributed by atoms with van der Waals surface area (Å²) in [5.41, 5.74) is 3.86. The van der Waals surface area contributed by atoms with Crippen molar-refractivity contribution in [3.63, 3.8) is 0 Å². The van der Waals surface area contributed by atoms with Gasteiger partial charge in [0, 0.05) is 28.3 Å². The number of aromatic amines is 2. The summed E-state index contributed by atoms with van der Waals surface area (Å²) in [6.45, 7) is 2.09. The van der Waals surface area contributed by atoms with E-state index >= 15 is 0 Å². The summed E-state index contributed by atoms with van der Waals surface area (Å²) in [5.74, 6) is 0.734. The van der Waals surface area contributed by atoms with Crippen LogP contribution in [0.2, 0.25) is 0 Å². The zero-order chi connectivity index (χ0) is 21.4. The number of fused-ring (bicyclic) bond motifs is 1. The van der Waals surface area contributed by atoms with E-state index in [2.05, 4.69) is 32.8 Å². The van der Waals surface area contributed by atoms with Crippen molar-refractivity contribution in [2.45, 2.75) is 25.8 Å². The number of nitrogens with zero attached hydrogens (tertiary/aromatic N) is 4. The Labute approximate surface area is 181 Å². The van der Waals surface area contributed by atoms with Crippen molar-refractivity contribution in [1.29, 1.82) is 0 Å². The first kappa shape index (κ1) is 19.4. The van der Waals surface area contributed by atoms with E-state index in [0.29, 0.717) is 16.9 Å². The number of aromatic nitrogens is 5. The van der Waals surface area contributed by atoms with Gasteiger partial charge in [0.15, 0.2) is 11.1 Å². The molecule has 31 heavy (non-hydrogen) atoms. The minimum atomic E-state index is -0.479. The smallest absolute Gasteiger partial charge is 0.326 e. The van der Waals surface area contributed by atoms with E-state index in [0.717, 1.165) is 41.0 Å². The van der Waals surface area contributed by atoms with Crippen LogP contribution in [-0.2, 0) is 0 Å². The minimum absolute atomic E-state index is 0.226. The van der Waals surface area contributed by atoms with E-state index in [1.165, 1.54) is 0 Å². The van der Waals surface area contributed by atoms with E-state index in [-0.39, 0.29) is 11.6 Å². The molecule has 9 nitrogen and oxygen atoms in total. The van der Waals surface area contributed by atoms with Gasteiger partial charge in [-0.15, -0.1) is 0 Å². The fourth-order valence-electron chi connectivity index (χ4n) is 3.24. The van der Waals surface area contributed by atoms with Gasteiger partial charge in [-0.3, -0.25) is 9.98 Å². The van der Waals surface area contributed by atoms with Crippen LogP contribution in [0, 0.1) is 0 Å². The predicted molar refractivity (Wildman–Crippen MR) is 121 cm³/mol. The number of hydrogen-bond donors (Lipinski definition) is 4. The second-order valence-electron chi connectivity index (χ2n) is 7.30. The van der Waals surface area contributed by atoms with Crippen LogP contribution in [0.3, 0.4) is 0 Å². The van der Waals surface area contributed by atoms with Gasteiger partial charge in [-0.25, -0.2) is 9.78 Å². The lowest BCUT2D eigenvalue weighted by atomic mass is 10.1. The molecule has 1 aliphatic rings. The van der Waals surface area contributed by atoms with Crippen LogP contribution in [0.4, 0.5) is 5.69 Å². The molecule has 3 aromatic heterocycles. The monoisotopic (exact) mass is 435 g/mol. The molecule has 1 aromatic carbocycles. The molecule has 0 radical (unpaired) electrons. The van der Waals surface area contributed by atoms with Crippen molar-refractivity contribution in [2.75, 3.05) is 10.5 Å². The van der Waals surface area contributed by atoms with Crippen LogP contribution in [0.15, 0.2) is 46.3 Å². The zero-order valence-electron chi connectivity index (χ0n) is 16.8. The van der Waals surface area contributed by atoms with Gasteiger partial charge < -0.3 is 14.8 Å². The highest BCUT2D eigenvalue weighted by Crippen LogP contribution is 2.24. The Morgan fingerprint density at radius 3 is 2.97 bits per heavy atom. The molecule has 0 bridgehead atoms. The average Bonchev–Trinajstić information content (AvgIpc) is 3.40. The molecule has 0 saturated heterocycles. The number of hydrogen-bond acceptors (Lipinski definition) is 7. The van der Waals surface area contributed by atoms with Gasteiger partial charge in [0.25, 0.3) is 0 Å². The Kier molecular flexibility index (Phi) is 4.99. The van der Waals surface area contributed by atoms with Crippen molar-refractivity contribution in [1.82, 2.24) is 24.6 Å². The molecule has 0 spiro atoms. The zero-order valence-corrected chi connectivity index (χ0v) is 17.6. The van der Waals surface area contributed by atoms with E-state index in [1.54, 1.807) is 28.7 Å². The second-order valence-corrected chi connectivity index (χ2v) is 8.37. The molecule has 1 aliphatic carbocycles. The van der Waals surface area contributed by atoms with Gasteiger partial charge in [0.2, 0.25) is 5.88 Å². The quantitative estimate of drug-likeness (QED) is 0.343. The number of aromatic hydroxyl groups is 1. The highest BCUT2D eigenvalue weighted by atomic mass is 32.2. The normalized spacial score (nSPS) is 15.1. The topological polar surface area (TPSA) is 123 Å². The van der Waals surface area contributed by atoms with E-state index in [1.807, 2.05) is 24.3 Å². The molecular weight excluding hydrogens is 414 g/mol. The number of benzene rings is 1. The molecule has 4 aromatic rings. The van der Waals surface area contributed by atoms with E-state index in [9.17, 15) is 9.90 Å². The molecule has 3 heterocycles. The summed E-state index contributed by atoms with van der Waals surface area (Å²) in [7, 11) is 0. The minimum Gasteiger partial charge on any atom is -0.493 e. The first-order valence-electron chi connectivity index (χ1n) is 10.0. The molecule has 1 saturated carbocycles. The highest BCUT2D eigenvalue weighted by Gasteiger charge is 2.20. The first-order valence-corrected chi connectivity index (χ1v) is 11.0. The number of nitrogens with one attached hydrogen (secondary N) is 3. The number of imidazole rings is 1. The van der Waals surface area contributed by atoms with Crippen LogP contribution < -0.4 is 21.1 Å². The maximum atomic E-state index is 11.5. The van der Waals surface area contributed by atoms with Crippen LogP contribution >= 0.6 is 11.9 Å². The van der Waals surface area contributed by atoms with Gasteiger partial charge in [-0.1, -0.05) is 31.0 Å². The lowest BCUT2D eigenvalue weighted by Crippen LogP contribution is -2.19. The van der Waals surface area contributed by atoms with E-state index in [4.69, 9.17) is 9.98 Å². The second kappa shape index (κ2) is 7.95. The van der Waals surface area contributed by atoms with Gasteiger partial charge in [-0.2, -0.15) is 9.61 Å². The largest absolute Gasteiger partial charge is 0.493 e. The highest BCUT2D eigenvalue weighted by molar-refractivity contribution is 8.00. The summed E-state index contributed by atoms with van der Waals surface area (Å²) in [6, 6.07) is 10.3. The SMILES string of the molecule is CCSNc1cccc(-c2cc(=NC3CC3)n3ncc(=Cc4[nH]c(=O)[nH]c4O)c3n2)c1. The summed E-state index contributed by atoms with van der Waals surface area (Å²) in [5, 5.41) is 15.0. The number of rotatable bonds is 6. The van der Waals surface area contributed by atoms with Crippen molar-refractivity contribution in [3.05, 3.63) is 63.4 Å². The molecular formula is C21H21N7O2S. The number of anilines is 1. The molecule has 0 aliphatic heterocycles. The Morgan fingerprint density at radius 1 is 1.35 bits per heavy atom. The third-order valence-electron chi connectivity index (χ3n) is 4.87. The van der Waals surface area contributed by atoms with Crippen LogP contribution in [-0.4, -0.2) is 41.5 Å². The molecule has 10 heteroatoms. The lowest BCUT2D eigenvalue weighted by Gasteiger charge is -2.07. The van der Waals surface area contributed by atoms with E-state index < -0.39 is 5.69 Å². The van der Waals surface area contributed by atoms with Gasteiger partial charge in [-0.05, 0) is 31.1 Å².